The molecule has 0 atom stereocenters. The summed E-state index contributed by atoms with van der Waals surface area (Å²) in [7, 11) is 1.27. The van der Waals surface area contributed by atoms with Crippen LogP contribution in [0, 0.1) is 6.92 Å². The molecule has 5 heterocycles. The predicted molar refractivity (Wildman–Crippen MR) is 187 cm³/mol. The molecule has 2 N–H and O–H groups in total. The van der Waals surface area contributed by atoms with Crippen LogP contribution in [0.25, 0.3) is 16.7 Å². The van der Waals surface area contributed by atoms with E-state index in [1.54, 1.807) is 24.8 Å². The van der Waals surface area contributed by atoms with E-state index < -0.39 is 41.6 Å². The fourth-order valence-corrected chi connectivity index (χ4v) is 6.51. The van der Waals surface area contributed by atoms with Crippen LogP contribution < -0.4 is 15.6 Å². The smallest absolute Gasteiger partial charge is 0.416 e. The van der Waals surface area contributed by atoms with E-state index >= 15 is 0 Å². The van der Waals surface area contributed by atoms with Gasteiger partial charge in [0.05, 0.1) is 47.5 Å². The normalized spacial score (nSPS) is 14.8. The first-order chi connectivity index (χ1) is 25.2. The highest BCUT2D eigenvalue weighted by molar-refractivity contribution is 6.33. The number of aromatic hydroxyl groups is 1. The Morgan fingerprint density at radius 2 is 1.81 bits per heavy atom. The molecular formula is C34H33ClF3N9O6. The Kier molecular flexibility index (Phi) is 10.3. The number of alkyl halides is 3. The topological polar surface area (TPSA) is 176 Å². The molecule has 2 aliphatic heterocycles. The predicted octanol–water partition coefficient (Wildman–Crippen LogP) is 3.90. The second-order valence-electron chi connectivity index (χ2n) is 12.2. The SMILES string of the molecule is CCc1c(N2CCN(C(=O)c3ncnc(C)c3O)CC2)c(=O)c2nc(C3=CCN(C(=O)OC)C3)cnc2n1CC(=O)Nc1ccc(C(F)(F)F)cc1Cl. The maximum atomic E-state index is 14.4. The molecule has 0 unspecified atom stereocenters. The number of carbonyl (C=O) groups excluding carboxylic acids is 3. The number of benzene rings is 1. The molecule has 0 spiro atoms. The van der Waals surface area contributed by atoms with Crippen LogP contribution in [0.3, 0.4) is 0 Å². The molecule has 0 bridgehead atoms. The number of carbonyl (C=O) groups is 3. The molecule has 4 aromatic rings. The Bertz CT molecular complexity index is 2220. The Balaban J connectivity index is 1.36. The summed E-state index contributed by atoms with van der Waals surface area (Å²) in [5.41, 5.74) is 0.263. The first kappa shape index (κ1) is 37.0. The van der Waals surface area contributed by atoms with Crippen molar-refractivity contribution in [3.8, 4) is 5.75 Å². The third-order valence-electron chi connectivity index (χ3n) is 9.02. The van der Waals surface area contributed by atoms with Crippen molar-refractivity contribution in [2.75, 3.05) is 56.6 Å². The highest BCUT2D eigenvalue weighted by Gasteiger charge is 2.32. The largest absolute Gasteiger partial charge is 0.504 e. The molecule has 1 fully saturated rings. The number of nitrogens with one attached hydrogen (secondary N) is 1. The standard InChI is InChI=1S/C34H33ClF3N9O6/c1-4-24-28(44-9-11-45(12-10-44)32(51)27-29(49)18(2)40-17-41-27)30(50)26-31(39-14-23(43-26)19-7-8-46(15-19)33(52)53-3)47(24)16-25(48)42-22-6-5-20(13-21(22)35)34(36,37)38/h5-7,13-14,17,49H,4,8-12,15-16H2,1-3H3,(H,42,48). The number of piperazine rings is 1. The maximum absolute atomic E-state index is 14.4. The van der Waals surface area contributed by atoms with Crippen LogP contribution in [0.2, 0.25) is 5.02 Å². The molecule has 3 aromatic heterocycles. The van der Waals surface area contributed by atoms with Gasteiger partial charge in [-0.05, 0) is 37.1 Å². The van der Waals surface area contributed by atoms with Crippen molar-refractivity contribution < 1.29 is 37.4 Å². The number of rotatable bonds is 7. The number of ether oxygens (including phenoxy) is 1. The summed E-state index contributed by atoms with van der Waals surface area (Å²) < 4.78 is 46.0. The molecule has 53 heavy (non-hydrogen) atoms. The maximum Gasteiger partial charge on any atom is 0.416 e. The Morgan fingerprint density at radius 3 is 2.47 bits per heavy atom. The van der Waals surface area contributed by atoms with E-state index in [1.807, 2.05) is 0 Å². The van der Waals surface area contributed by atoms with E-state index in [0.717, 1.165) is 12.1 Å². The fourth-order valence-electron chi connectivity index (χ4n) is 6.28. The van der Waals surface area contributed by atoms with E-state index in [-0.39, 0.29) is 90.4 Å². The molecule has 6 rings (SSSR count). The van der Waals surface area contributed by atoms with Crippen molar-refractivity contribution in [2.45, 2.75) is 33.0 Å². The average Bonchev–Trinajstić information content (AvgIpc) is 3.64. The molecule has 1 aromatic carbocycles. The highest BCUT2D eigenvalue weighted by Crippen LogP contribution is 2.34. The first-order valence-electron chi connectivity index (χ1n) is 16.4. The third kappa shape index (κ3) is 7.31. The van der Waals surface area contributed by atoms with Gasteiger partial charge in [0.1, 0.15) is 18.6 Å². The molecule has 0 radical (unpaired) electrons. The average molecular weight is 756 g/mol. The molecule has 1 saturated heterocycles. The van der Waals surface area contributed by atoms with Gasteiger partial charge in [-0.1, -0.05) is 24.6 Å². The first-order valence-corrected chi connectivity index (χ1v) is 16.8. The van der Waals surface area contributed by atoms with Crippen LogP contribution in [0.5, 0.6) is 5.75 Å². The third-order valence-corrected chi connectivity index (χ3v) is 9.33. The van der Waals surface area contributed by atoms with Crippen molar-refractivity contribution >= 4 is 57.6 Å². The Morgan fingerprint density at radius 1 is 1.08 bits per heavy atom. The van der Waals surface area contributed by atoms with Gasteiger partial charge >= 0.3 is 12.3 Å². The number of methoxy groups -OCH3 is 1. The highest BCUT2D eigenvalue weighted by atomic mass is 35.5. The molecule has 3 amide bonds. The van der Waals surface area contributed by atoms with Gasteiger partial charge in [-0.2, -0.15) is 13.2 Å². The van der Waals surface area contributed by atoms with Crippen molar-refractivity contribution in [1.82, 2.24) is 34.3 Å². The molecular weight excluding hydrogens is 723 g/mol. The number of hydrogen-bond acceptors (Lipinski definition) is 11. The number of pyridine rings is 1. The minimum Gasteiger partial charge on any atom is -0.504 e. The van der Waals surface area contributed by atoms with E-state index in [2.05, 4.69) is 25.3 Å². The van der Waals surface area contributed by atoms with Crippen LogP contribution in [-0.4, -0.2) is 104 Å². The number of aromatic nitrogens is 5. The zero-order valence-electron chi connectivity index (χ0n) is 28.7. The number of amides is 3. The molecule has 2 aliphatic rings. The van der Waals surface area contributed by atoms with Crippen LogP contribution in [0.15, 0.2) is 41.6 Å². The van der Waals surface area contributed by atoms with Crippen molar-refractivity contribution in [3.05, 3.63) is 80.4 Å². The van der Waals surface area contributed by atoms with Crippen LogP contribution in [0.1, 0.15) is 40.1 Å². The number of fused-ring (bicyclic) bond motifs is 1. The van der Waals surface area contributed by atoms with Gasteiger partial charge in [0.15, 0.2) is 22.6 Å². The molecule has 278 valence electrons. The zero-order valence-corrected chi connectivity index (χ0v) is 29.5. The molecule has 19 heteroatoms. The number of aryl methyl sites for hydroxylation is 1. The lowest BCUT2D eigenvalue weighted by Crippen LogP contribution is -2.50. The summed E-state index contributed by atoms with van der Waals surface area (Å²) in [6, 6.07) is 2.57. The molecule has 15 nitrogen and oxygen atoms in total. The quantitative estimate of drug-likeness (QED) is 0.280. The summed E-state index contributed by atoms with van der Waals surface area (Å²) in [5.74, 6) is -1.48. The lowest BCUT2D eigenvalue weighted by molar-refractivity contribution is -0.137. The van der Waals surface area contributed by atoms with Gasteiger partial charge in [0, 0.05) is 38.4 Å². The van der Waals surface area contributed by atoms with Crippen molar-refractivity contribution in [1.29, 1.82) is 0 Å². The second kappa shape index (κ2) is 14.7. The van der Waals surface area contributed by atoms with E-state index in [4.69, 9.17) is 16.3 Å². The van der Waals surface area contributed by atoms with Crippen LogP contribution in [0.4, 0.5) is 29.3 Å². The number of nitrogens with zero attached hydrogens (tertiary/aromatic N) is 8. The lowest BCUT2D eigenvalue weighted by Gasteiger charge is -2.37. The second-order valence-corrected chi connectivity index (χ2v) is 12.7. The zero-order chi connectivity index (χ0) is 38.2. The fraction of sp³-hybridized carbons (Fsp3) is 0.353. The minimum absolute atomic E-state index is 0.0457. The minimum atomic E-state index is -4.63. The molecule has 0 aliphatic carbocycles. The molecule has 0 saturated carbocycles. The monoisotopic (exact) mass is 755 g/mol. The van der Waals surface area contributed by atoms with Crippen molar-refractivity contribution in [3.63, 3.8) is 0 Å². The van der Waals surface area contributed by atoms with Crippen LogP contribution >= 0.6 is 11.6 Å². The van der Waals surface area contributed by atoms with E-state index in [0.29, 0.717) is 23.0 Å². The van der Waals surface area contributed by atoms with Gasteiger partial charge in [0.2, 0.25) is 11.3 Å². The van der Waals surface area contributed by atoms with Gasteiger partial charge in [-0.25, -0.2) is 24.7 Å². The summed E-state index contributed by atoms with van der Waals surface area (Å²) in [6.45, 7) is 4.07. The Labute approximate surface area is 304 Å². The Hall–Kier alpha value is -5.78. The summed E-state index contributed by atoms with van der Waals surface area (Å²) >= 11 is 6.11. The number of anilines is 2. The summed E-state index contributed by atoms with van der Waals surface area (Å²) in [5, 5.41) is 12.6. The van der Waals surface area contributed by atoms with Gasteiger partial charge < -0.3 is 34.4 Å². The summed E-state index contributed by atoms with van der Waals surface area (Å²) in [4.78, 5) is 75.1. The van der Waals surface area contributed by atoms with E-state index in [1.165, 1.54) is 34.0 Å². The van der Waals surface area contributed by atoms with E-state index in [9.17, 15) is 37.5 Å². The van der Waals surface area contributed by atoms with Gasteiger partial charge in [0.25, 0.3) is 5.91 Å². The van der Waals surface area contributed by atoms with Crippen molar-refractivity contribution in [2.24, 2.45) is 0 Å². The number of hydrogen-bond donors (Lipinski definition) is 2. The van der Waals surface area contributed by atoms with Crippen LogP contribution in [-0.2, 0) is 28.7 Å². The summed E-state index contributed by atoms with van der Waals surface area (Å²) in [6.07, 6.45) is -0.527. The van der Waals surface area contributed by atoms with Gasteiger partial charge in [-0.3, -0.25) is 14.4 Å². The number of halogens is 4. The lowest BCUT2D eigenvalue weighted by atomic mass is 10.1. The van der Waals surface area contributed by atoms with Gasteiger partial charge in [-0.15, -0.1) is 0 Å².